The van der Waals surface area contributed by atoms with Gasteiger partial charge in [-0.2, -0.15) is 0 Å². The molecule has 0 atom stereocenters. The molecule has 0 unspecified atom stereocenters. The molecule has 2 amide bonds. The number of rotatable bonds is 7. The number of amides is 2. The summed E-state index contributed by atoms with van der Waals surface area (Å²) in [5, 5.41) is 11.8. The van der Waals surface area contributed by atoms with E-state index in [1.165, 1.54) is 12.1 Å². The van der Waals surface area contributed by atoms with Crippen molar-refractivity contribution in [1.29, 1.82) is 0 Å². The summed E-state index contributed by atoms with van der Waals surface area (Å²) in [6.07, 6.45) is 1.74. The third-order valence-corrected chi connectivity index (χ3v) is 4.59. The average molecular weight is 366 g/mol. The Kier molecular flexibility index (Phi) is 5.86. The maximum atomic E-state index is 12.1. The quantitative estimate of drug-likeness (QED) is 0.788. The first-order valence-corrected chi connectivity index (χ1v) is 8.96. The minimum absolute atomic E-state index is 0.127. The number of nitrogens with zero attached hydrogens (tertiary/aromatic N) is 1. The molecule has 27 heavy (non-hydrogen) atoms. The predicted octanol–water partition coefficient (Wildman–Crippen LogP) is 2.37. The number of hydrogen-bond donors (Lipinski definition) is 2. The van der Waals surface area contributed by atoms with E-state index in [1.807, 2.05) is 29.2 Å². The Morgan fingerprint density at radius 1 is 1.04 bits per heavy atom. The SMILES string of the molecule is O=C(Cc1ccc(C(=O)O)cc1)NCc1cccc(CN2CCCC2=O)c1. The highest BCUT2D eigenvalue weighted by atomic mass is 16.4. The van der Waals surface area contributed by atoms with Crippen LogP contribution in [-0.4, -0.2) is 34.3 Å². The van der Waals surface area contributed by atoms with Crippen LogP contribution in [0.5, 0.6) is 0 Å². The number of likely N-dealkylation sites (tertiary alicyclic amines) is 1. The number of carboxylic acids is 1. The highest BCUT2D eigenvalue weighted by Gasteiger charge is 2.19. The van der Waals surface area contributed by atoms with Gasteiger partial charge in [0.1, 0.15) is 0 Å². The minimum Gasteiger partial charge on any atom is -0.478 e. The third-order valence-electron chi connectivity index (χ3n) is 4.59. The lowest BCUT2D eigenvalue weighted by molar-refractivity contribution is -0.128. The van der Waals surface area contributed by atoms with Gasteiger partial charge in [-0.15, -0.1) is 0 Å². The van der Waals surface area contributed by atoms with Gasteiger partial charge in [0.15, 0.2) is 0 Å². The summed E-state index contributed by atoms with van der Waals surface area (Å²) in [5.74, 6) is -0.915. The Morgan fingerprint density at radius 2 is 1.78 bits per heavy atom. The van der Waals surface area contributed by atoms with Crippen molar-refractivity contribution >= 4 is 17.8 Å². The fourth-order valence-corrected chi connectivity index (χ4v) is 3.14. The van der Waals surface area contributed by atoms with Gasteiger partial charge < -0.3 is 15.3 Å². The van der Waals surface area contributed by atoms with E-state index in [2.05, 4.69) is 5.32 Å². The summed E-state index contributed by atoms with van der Waals surface area (Å²) in [6, 6.07) is 14.2. The summed E-state index contributed by atoms with van der Waals surface area (Å²) in [5.41, 5.74) is 3.00. The Hall–Kier alpha value is -3.15. The van der Waals surface area contributed by atoms with E-state index in [9.17, 15) is 14.4 Å². The molecule has 0 saturated carbocycles. The van der Waals surface area contributed by atoms with Crippen LogP contribution < -0.4 is 5.32 Å². The number of carbonyl (C=O) groups is 3. The Balaban J connectivity index is 1.51. The lowest BCUT2D eigenvalue weighted by Gasteiger charge is -2.16. The highest BCUT2D eigenvalue weighted by Crippen LogP contribution is 2.15. The Bertz CT molecular complexity index is 846. The normalized spacial score (nSPS) is 13.6. The van der Waals surface area contributed by atoms with Gasteiger partial charge in [-0.25, -0.2) is 4.79 Å². The molecule has 1 aliphatic heterocycles. The van der Waals surface area contributed by atoms with Gasteiger partial charge >= 0.3 is 5.97 Å². The molecule has 2 N–H and O–H groups in total. The molecule has 3 rings (SSSR count). The van der Waals surface area contributed by atoms with Crippen LogP contribution in [0.1, 0.15) is 39.9 Å². The zero-order chi connectivity index (χ0) is 19.2. The molecule has 1 fully saturated rings. The monoisotopic (exact) mass is 366 g/mol. The van der Waals surface area contributed by atoms with Gasteiger partial charge in [-0.05, 0) is 35.2 Å². The standard InChI is InChI=1S/C21H22N2O4/c24-19(12-15-6-8-18(9-7-15)21(26)27)22-13-16-3-1-4-17(11-16)14-23-10-2-5-20(23)25/h1,3-4,6-9,11H,2,5,10,12-14H2,(H,22,24)(H,26,27). The van der Waals surface area contributed by atoms with Gasteiger partial charge in [0.2, 0.25) is 11.8 Å². The van der Waals surface area contributed by atoms with Crippen LogP contribution in [0.2, 0.25) is 0 Å². The second-order valence-corrected chi connectivity index (χ2v) is 6.69. The van der Waals surface area contributed by atoms with Gasteiger partial charge in [-0.1, -0.05) is 36.4 Å². The molecule has 1 heterocycles. The molecule has 1 saturated heterocycles. The van der Waals surface area contributed by atoms with E-state index >= 15 is 0 Å². The fourth-order valence-electron chi connectivity index (χ4n) is 3.14. The van der Waals surface area contributed by atoms with Crippen molar-refractivity contribution < 1.29 is 19.5 Å². The van der Waals surface area contributed by atoms with Crippen LogP contribution in [0.25, 0.3) is 0 Å². The van der Waals surface area contributed by atoms with Gasteiger partial charge in [0, 0.05) is 26.1 Å². The van der Waals surface area contributed by atoms with Crippen molar-refractivity contribution in [2.24, 2.45) is 0 Å². The maximum Gasteiger partial charge on any atom is 0.335 e. The van der Waals surface area contributed by atoms with E-state index in [1.54, 1.807) is 12.1 Å². The molecule has 0 aromatic heterocycles. The molecule has 6 heteroatoms. The van der Waals surface area contributed by atoms with Crippen molar-refractivity contribution in [2.45, 2.75) is 32.4 Å². The summed E-state index contributed by atoms with van der Waals surface area (Å²) >= 11 is 0. The molecule has 0 bridgehead atoms. The molecular weight excluding hydrogens is 344 g/mol. The van der Waals surface area contributed by atoms with Crippen molar-refractivity contribution in [3.05, 3.63) is 70.8 Å². The maximum absolute atomic E-state index is 12.1. The smallest absolute Gasteiger partial charge is 0.335 e. The van der Waals surface area contributed by atoms with E-state index < -0.39 is 5.97 Å². The van der Waals surface area contributed by atoms with E-state index in [-0.39, 0.29) is 23.8 Å². The molecule has 1 aliphatic rings. The molecule has 6 nitrogen and oxygen atoms in total. The van der Waals surface area contributed by atoms with Gasteiger partial charge in [0.25, 0.3) is 0 Å². The van der Waals surface area contributed by atoms with E-state index in [4.69, 9.17) is 5.11 Å². The number of carbonyl (C=O) groups excluding carboxylic acids is 2. The number of nitrogens with one attached hydrogen (secondary N) is 1. The van der Waals surface area contributed by atoms with Crippen LogP contribution in [-0.2, 0) is 29.1 Å². The molecular formula is C21H22N2O4. The molecule has 0 spiro atoms. The number of aromatic carboxylic acids is 1. The van der Waals surface area contributed by atoms with Crippen LogP contribution in [0.15, 0.2) is 48.5 Å². The Labute approximate surface area is 157 Å². The Morgan fingerprint density at radius 3 is 2.44 bits per heavy atom. The molecule has 0 radical (unpaired) electrons. The second kappa shape index (κ2) is 8.49. The second-order valence-electron chi connectivity index (χ2n) is 6.69. The van der Waals surface area contributed by atoms with Crippen molar-refractivity contribution in [1.82, 2.24) is 10.2 Å². The summed E-state index contributed by atoms with van der Waals surface area (Å²) in [7, 11) is 0. The lowest BCUT2D eigenvalue weighted by Crippen LogP contribution is -2.25. The molecule has 0 aliphatic carbocycles. The first-order chi connectivity index (χ1) is 13.0. The fraction of sp³-hybridized carbons (Fsp3) is 0.286. The zero-order valence-corrected chi connectivity index (χ0v) is 15.0. The number of hydrogen-bond acceptors (Lipinski definition) is 3. The zero-order valence-electron chi connectivity index (χ0n) is 15.0. The average Bonchev–Trinajstić information content (AvgIpc) is 3.05. The summed E-state index contributed by atoms with van der Waals surface area (Å²) < 4.78 is 0. The number of carboxylic acid groups (broad SMARTS) is 1. The summed E-state index contributed by atoms with van der Waals surface area (Å²) in [4.78, 5) is 36.6. The third kappa shape index (κ3) is 5.17. The van der Waals surface area contributed by atoms with E-state index in [0.29, 0.717) is 19.5 Å². The van der Waals surface area contributed by atoms with Crippen LogP contribution in [0.4, 0.5) is 0 Å². The number of benzene rings is 2. The van der Waals surface area contributed by atoms with Gasteiger partial charge in [0.05, 0.1) is 12.0 Å². The summed E-state index contributed by atoms with van der Waals surface area (Å²) in [6.45, 7) is 1.82. The van der Waals surface area contributed by atoms with Crippen LogP contribution >= 0.6 is 0 Å². The van der Waals surface area contributed by atoms with Gasteiger partial charge in [-0.3, -0.25) is 9.59 Å². The minimum atomic E-state index is -0.985. The lowest BCUT2D eigenvalue weighted by atomic mass is 10.1. The van der Waals surface area contributed by atoms with Crippen molar-refractivity contribution in [2.75, 3.05) is 6.54 Å². The van der Waals surface area contributed by atoms with Crippen molar-refractivity contribution in [3.8, 4) is 0 Å². The predicted molar refractivity (Wildman–Crippen MR) is 100 cm³/mol. The molecule has 2 aromatic carbocycles. The van der Waals surface area contributed by atoms with E-state index in [0.717, 1.165) is 29.7 Å². The van der Waals surface area contributed by atoms with Crippen LogP contribution in [0, 0.1) is 0 Å². The topological polar surface area (TPSA) is 86.7 Å². The van der Waals surface area contributed by atoms with Crippen molar-refractivity contribution in [3.63, 3.8) is 0 Å². The first-order valence-electron chi connectivity index (χ1n) is 8.96. The molecule has 2 aromatic rings. The van der Waals surface area contributed by atoms with Crippen LogP contribution in [0.3, 0.4) is 0 Å². The first kappa shape index (κ1) is 18.6. The largest absolute Gasteiger partial charge is 0.478 e. The molecule has 140 valence electrons. The highest BCUT2D eigenvalue weighted by molar-refractivity contribution is 5.87.